The number of amides is 1. The van der Waals surface area contributed by atoms with Crippen LogP contribution in [-0.2, 0) is 0 Å². The largest absolute Gasteiger partial charge is 0.465 e. The monoisotopic (exact) mass is 159 g/mol. The van der Waals surface area contributed by atoms with Crippen molar-refractivity contribution in [2.75, 3.05) is 6.61 Å². The molecule has 4 heteroatoms. The molecule has 0 saturated heterocycles. The summed E-state index contributed by atoms with van der Waals surface area (Å²) in [5.74, 6) is 0. The van der Waals surface area contributed by atoms with Crippen LogP contribution < -0.4 is 5.73 Å². The topological polar surface area (TPSA) is 83.5 Å². The molecule has 0 unspecified atom stereocenters. The second-order valence-electron chi connectivity index (χ2n) is 1.47. The molecule has 0 rings (SSSR count). The summed E-state index contributed by atoms with van der Waals surface area (Å²) in [5.41, 5.74) is 4.03. The van der Waals surface area contributed by atoms with Crippen LogP contribution in [0.1, 0.15) is 6.92 Å². The van der Waals surface area contributed by atoms with Crippen LogP contribution >= 0.6 is 0 Å². The molecule has 11 heavy (non-hydrogen) atoms. The van der Waals surface area contributed by atoms with Gasteiger partial charge in [0.05, 0.1) is 6.61 Å². The molecule has 0 aliphatic carbocycles. The number of aliphatic hydroxyl groups is 1. The molecule has 0 aliphatic heterocycles. The van der Waals surface area contributed by atoms with Crippen molar-refractivity contribution in [3.8, 4) is 0 Å². The van der Waals surface area contributed by atoms with Gasteiger partial charge in [0.1, 0.15) is 0 Å². The Hall–Kier alpha value is -1.29. The molecule has 0 saturated carbocycles. The Labute approximate surface area is 65.6 Å². The van der Waals surface area contributed by atoms with Crippen molar-refractivity contribution >= 4 is 6.09 Å². The van der Waals surface area contributed by atoms with Crippen molar-refractivity contribution in [2.45, 2.75) is 6.92 Å². The molecule has 1 amide bonds. The molecule has 0 aliphatic rings. The maximum absolute atomic E-state index is 8.78. The third-order valence-corrected chi connectivity index (χ3v) is 0.545. The zero-order chi connectivity index (χ0) is 9.11. The zero-order valence-electron chi connectivity index (χ0n) is 6.40. The standard InChI is InChI=1S/C6H10O.CH3NO2/c1-2-3-4-5-6-7;2-1(3)4/h2-5,7H,6H2,1H3;2H2,(H,3,4). The quantitative estimate of drug-likeness (QED) is 0.519. The highest BCUT2D eigenvalue weighted by Gasteiger charge is 1.65. The van der Waals surface area contributed by atoms with E-state index in [1.807, 2.05) is 19.1 Å². The first kappa shape index (κ1) is 12.4. The predicted octanol–water partition coefficient (Wildman–Crippen LogP) is 0.734. The lowest BCUT2D eigenvalue weighted by molar-refractivity contribution is 0.205. The third-order valence-electron chi connectivity index (χ3n) is 0.545. The van der Waals surface area contributed by atoms with Crippen molar-refractivity contribution in [1.29, 1.82) is 0 Å². The van der Waals surface area contributed by atoms with Gasteiger partial charge < -0.3 is 15.9 Å². The number of carbonyl (C=O) groups is 1. The summed E-state index contributed by atoms with van der Waals surface area (Å²) in [4.78, 5) is 8.78. The van der Waals surface area contributed by atoms with E-state index in [1.165, 1.54) is 0 Å². The first-order chi connectivity index (χ1) is 5.15. The Bertz CT molecular complexity index is 137. The number of carboxylic acid groups (broad SMARTS) is 1. The first-order valence-corrected chi connectivity index (χ1v) is 3.02. The lowest BCUT2D eigenvalue weighted by Gasteiger charge is -1.70. The summed E-state index contributed by atoms with van der Waals surface area (Å²) in [6.07, 6.45) is 5.93. The fraction of sp³-hybridized carbons (Fsp3) is 0.286. The van der Waals surface area contributed by atoms with Gasteiger partial charge in [-0.2, -0.15) is 0 Å². The Kier molecular flexibility index (Phi) is 13.0. The Morgan fingerprint density at radius 3 is 2.27 bits per heavy atom. The minimum absolute atomic E-state index is 0.129. The molecule has 0 heterocycles. The number of hydrogen-bond donors (Lipinski definition) is 3. The van der Waals surface area contributed by atoms with Crippen LogP contribution in [0.15, 0.2) is 24.3 Å². The second-order valence-corrected chi connectivity index (χ2v) is 1.47. The molecule has 64 valence electrons. The van der Waals surface area contributed by atoms with Gasteiger partial charge in [0.15, 0.2) is 0 Å². The van der Waals surface area contributed by atoms with E-state index in [0.29, 0.717) is 0 Å². The highest BCUT2D eigenvalue weighted by Crippen LogP contribution is 1.72. The van der Waals surface area contributed by atoms with Crippen LogP contribution in [-0.4, -0.2) is 22.9 Å². The second kappa shape index (κ2) is 11.5. The van der Waals surface area contributed by atoms with Gasteiger partial charge in [-0.3, -0.25) is 0 Å². The van der Waals surface area contributed by atoms with Crippen LogP contribution in [0, 0.1) is 0 Å². The van der Waals surface area contributed by atoms with Crippen LogP contribution in [0.2, 0.25) is 0 Å². The van der Waals surface area contributed by atoms with Gasteiger partial charge in [0.25, 0.3) is 0 Å². The van der Waals surface area contributed by atoms with Crippen molar-refractivity contribution in [1.82, 2.24) is 0 Å². The van der Waals surface area contributed by atoms with Gasteiger partial charge in [-0.25, -0.2) is 4.79 Å². The highest BCUT2D eigenvalue weighted by molar-refractivity contribution is 5.61. The van der Waals surface area contributed by atoms with Gasteiger partial charge in [0, 0.05) is 0 Å². The fourth-order valence-corrected chi connectivity index (χ4v) is 0.251. The molecule has 0 aromatic heterocycles. The molecular weight excluding hydrogens is 146 g/mol. The lowest BCUT2D eigenvalue weighted by Crippen LogP contribution is -2.03. The van der Waals surface area contributed by atoms with E-state index >= 15 is 0 Å². The van der Waals surface area contributed by atoms with Gasteiger partial charge in [0.2, 0.25) is 0 Å². The number of rotatable bonds is 2. The van der Waals surface area contributed by atoms with Crippen LogP contribution in [0.3, 0.4) is 0 Å². The predicted molar refractivity (Wildman–Crippen MR) is 43.3 cm³/mol. The van der Waals surface area contributed by atoms with Gasteiger partial charge >= 0.3 is 6.09 Å². The summed E-state index contributed by atoms with van der Waals surface area (Å²) in [6, 6.07) is 0. The lowest BCUT2D eigenvalue weighted by atomic mass is 10.4. The Balaban J connectivity index is 0. The van der Waals surface area contributed by atoms with E-state index in [2.05, 4.69) is 5.73 Å². The van der Waals surface area contributed by atoms with Crippen molar-refractivity contribution in [3.05, 3.63) is 24.3 Å². The average Bonchev–Trinajstić information content (AvgIpc) is 1.88. The number of allylic oxidation sites excluding steroid dienone is 3. The smallest absolute Gasteiger partial charge is 0.402 e. The van der Waals surface area contributed by atoms with E-state index in [9.17, 15) is 0 Å². The highest BCUT2D eigenvalue weighted by atomic mass is 16.4. The van der Waals surface area contributed by atoms with E-state index in [4.69, 9.17) is 15.0 Å². The van der Waals surface area contributed by atoms with Crippen LogP contribution in [0.5, 0.6) is 0 Å². The number of nitrogens with two attached hydrogens (primary N) is 1. The molecule has 4 N–H and O–H groups in total. The summed E-state index contributed by atoms with van der Waals surface area (Å²) >= 11 is 0. The molecule has 0 bridgehead atoms. The molecule has 0 aromatic rings. The molecule has 0 atom stereocenters. The third kappa shape index (κ3) is 53.4. The van der Waals surface area contributed by atoms with Crippen molar-refractivity contribution in [2.24, 2.45) is 5.73 Å². The van der Waals surface area contributed by atoms with Crippen LogP contribution in [0.25, 0.3) is 0 Å². The maximum Gasteiger partial charge on any atom is 0.402 e. The van der Waals surface area contributed by atoms with Crippen molar-refractivity contribution < 1.29 is 15.0 Å². The van der Waals surface area contributed by atoms with Crippen molar-refractivity contribution in [3.63, 3.8) is 0 Å². The molecule has 0 aromatic carbocycles. The van der Waals surface area contributed by atoms with Gasteiger partial charge in [-0.1, -0.05) is 24.3 Å². The van der Waals surface area contributed by atoms with Gasteiger partial charge in [-0.05, 0) is 6.92 Å². The average molecular weight is 159 g/mol. The SMILES string of the molecule is CC=CC=CCO.NC(=O)O. The summed E-state index contributed by atoms with van der Waals surface area (Å²) in [7, 11) is 0. The number of aliphatic hydroxyl groups excluding tert-OH is 1. The van der Waals surface area contributed by atoms with E-state index in [0.717, 1.165) is 0 Å². The van der Waals surface area contributed by atoms with E-state index in [1.54, 1.807) is 12.2 Å². The minimum Gasteiger partial charge on any atom is -0.465 e. The summed E-state index contributed by atoms with van der Waals surface area (Å²) in [6.45, 7) is 2.06. The van der Waals surface area contributed by atoms with Gasteiger partial charge in [-0.15, -0.1) is 0 Å². The Morgan fingerprint density at radius 2 is 2.00 bits per heavy atom. The molecule has 0 fully saturated rings. The fourth-order valence-electron chi connectivity index (χ4n) is 0.251. The number of hydrogen-bond acceptors (Lipinski definition) is 2. The van der Waals surface area contributed by atoms with E-state index < -0.39 is 6.09 Å². The molecule has 0 radical (unpaired) electrons. The number of primary amides is 1. The summed E-state index contributed by atoms with van der Waals surface area (Å²) in [5, 5.41) is 15.4. The normalized spacial score (nSPS) is 9.64. The zero-order valence-corrected chi connectivity index (χ0v) is 6.40. The molecule has 4 nitrogen and oxygen atoms in total. The van der Waals surface area contributed by atoms with E-state index in [-0.39, 0.29) is 6.61 Å². The molecule has 0 spiro atoms. The molecular formula is C7H13NO3. The Morgan fingerprint density at radius 1 is 1.55 bits per heavy atom. The first-order valence-electron chi connectivity index (χ1n) is 3.02. The summed E-state index contributed by atoms with van der Waals surface area (Å²) < 4.78 is 0. The minimum atomic E-state index is -1.33. The maximum atomic E-state index is 8.78. The van der Waals surface area contributed by atoms with Crippen LogP contribution in [0.4, 0.5) is 4.79 Å².